The quantitative estimate of drug-likeness (QED) is 0.593. The topological polar surface area (TPSA) is 59.9 Å². The van der Waals surface area contributed by atoms with Gasteiger partial charge >= 0.3 is 5.97 Å². The van der Waals surface area contributed by atoms with E-state index in [0.29, 0.717) is 17.4 Å². The van der Waals surface area contributed by atoms with Crippen molar-refractivity contribution in [1.29, 1.82) is 0 Å². The summed E-state index contributed by atoms with van der Waals surface area (Å²) in [6.07, 6.45) is 2.28. The molecule has 2 saturated heterocycles. The Morgan fingerprint density at radius 3 is 2.53 bits per heavy atom. The van der Waals surface area contributed by atoms with Crippen molar-refractivity contribution in [2.24, 2.45) is 11.8 Å². The first kappa shape index (κ1) is 21.6. The van der Waals surface area contributed by atoms with Gasteiger partial charge in [0.1, 0.15) is 0 Å². The van der Waals surface area contributed by atoms with Gasteiger partial charge in [0.2, 0.25) is 0 Å². The lowest BCUT2D eigenvalue weighted by Crippen LogP contribution is -2.53. The van der Waals surface area contributed by atoms with Crippen LogP contribution in [0.2, 0.25) is 0 Å². The Kier molecular flexibility index (Phi) is 5.75. The maximum atomic E-state index is 11.3. The van der Waals surface area contributed by atoms with E-state index in [4.69, 9.17) is 4.98 Å². The van der Waals surface area contributed by atoms with Crippen molar-refractivity contribution in [3.05, 3.63) is 76.3 Å². The summed E-state index contributed by atoms with van der Waals surface area (Å²) in [4.78, 5) is 23.8. The Morgan fingerprint density at radius 2 is 1.76 bits per heavy atom. The summed E-state index contributed by atoms with van der Waals surface area (Å²) < 4.78 is 0. The summed E-state index contributed by atoms with van der Waals surface area (Å²) in [7, 11) is 0. The third-order valence-corrected chi connectivity index (χ3v) is 8.39. The molecule has 6 rings (SSSR count). The average molecular weight is 475 g/mol. The molecular weight excluding hydrogens is 444 g/mol. The Balaban J connectivity index is 1.09. The highest BCUT2D eigenvalue weighted by molar-refractivity contribution is 7.13. The number of rotatable bonds is 5. The van der Waals surface area contributed by atoms with Gasteiger partial charge in [-0.2, -0.15) is 0 Å². The summed E-state index contributed by atoms with van der Waals surface area (Å²) in [5, 5.41) is 12.7. The predicted molar refractivity (Wildman–Crippen MR) is 136 cm³/mol. The van der Waals surface area contributed by atoms with Crippen molar-refractivity contribution >= 4 is 28.1 Å². The Morgan fingerprint density at radius 1 is 1.00 bits per heavy atom. The fraction of sp³-hybridized carbons (Fsp3) is 0.407. The molecule has 2 fully saturated rings. The number of hydrogen-bond donors (Lipinski definition) is 1. The molecule has 0 amide bonds. The van der Waals surface area contributed by atoms with Crippen LogP contribution in [0.5, 0.6) is 0 Å². The van der Waals surface area contributed by atoms with E-state index in [9.17, 15) is 9.90 Å². The molecule has 0 unspecified atom stereocenters. The summed E-state index contributed by atoms with van der Waals surface area (Å²) in [6, 6.07) is 16.3. The Labute approximate surface area is 204 Å². The number of nitrogens with zero attached hydrogens (tertiary/aromatic N) is 4. The molecule has 1 N–H and O–H groups in total. The number of piperidine rings is 2. The highest BCUT2D eigenvalue weighted by Crippen LogP contribution is 2.35. The number of thiazole rings is 1. The Hall–Kier alpha value is -2.90. The van der Waals surface area contributed by atoms with E-state index in [1.165, 1.54) is 17.7 Å². The highest BCUT2D eigenvalue weighted by atomic mass is 32.1. The van der Waals surface area contributed by atoms with Crippen molar-refractivity contribution in [2.75, 3.05) is 42.5 Å². The van der Waals surface area contributed by atoms with Crippen LogP contribution >= 0.6 is 11.3 Å². The van der Waals surface area contributed by atoms with Gasteiger partial charge in [-0.1, -0.05) is 24.3 Å². The van der Waals surface area contributed by atoms with E-state index >= 15 is 0 Å². The number of para-hydroxylation sites is 1. The summed E-state index contributed by atoms with van der Waals surface area (Å²) >= 11 is 1.77. The number of fused-ring (bicyclic) bond motifs is 3. The molecule has 0 saturated carbocycles. The Bertz CT molecular complexity index is 1170. The fourth-order valence-electron chi connectivity index (χ4n) is 5.91. The molecule has 176 valence electrons. The molecule has 0 radical (unpaired) electrons. The lowest BCUT2D eigenvalue weighted by atomic mass is 9.84. The zero-order valence-electron chi connectivity index (χ0n) is 19.3. The van der Waals surface area contributed by atoms with Crippen LogP contribution in [0.1, 0.15) is 33.6 Å². The van der Waals surface area contributed by atoms with Crippen LogP contribution in [-0.4, -0.2) is 53.7 Å². The minimum Gasteiger partial charge on any atom is -0.478 e. The third-order valence-electron chi connectivity index (χ3n) is 7.44. The second-order valence-corrected chi connectivity index (χ2v) is 10.8. The summed E-state index contributed by atoms with van der Waals surface area (Å²) in [6.45, 7) is 7.00. The number of anilines is 2. The van der Waals surface area contributed by atoms with Crippen molar-refractivity contribution in [3.8, 4) is 0 Å². The lowest BCUT2D eigenvalue weighted by Gasteiger charge is -2.46. The number of aromatic carboxylic acids is 1. The molecule has 2 aromatic carbocycles. The van der Waals surface area contributed by atoms with E-state index in [2.05, 4.69) is 50.4 Å². The monoisotopic (exact) mass is 474 g/mol. The maximum Gasteiger partial charge on any atom is 0.335 e. The molecule has 3 aliphatic rings. The first-order valence-electron chi connectivity index (χ1n) is 12.2. The summed E-state index contributed by atoms with van der Waals surface area (Å²) in [5.74, 6) is 0.506. The second kappa shape index (κ2) is 9.04. The van der Waals surface area contributed by atoms with Crippen LogP contribution < -0.4 is 9.80 Å². The van der Waals surface area contributed by atoms with Crippen LogP contribution in [0.4, 0.5) is 10.8 Å². The molecule has 3 aromatic rings. The minimum absolute atomic E-state index is 0.373. The van der Waals surface area contributed by atoms with Gasteiger partial charge in [0, 0.05) is 56.9 Å². The molecule has 3 aliphatic heterocycles. The van der Waals surface area contributed by atoms with E-state index in [1.807, 2.05) is 12.1 Å². The molecule has 7 heteroatoms. The van der Waals surface area contributed by atoms with E-state index in [0.717, 1.165) is 68.6 Å². The number of hydrogen-bond acceptors (Lipinski definition) is 6. The predicted octanol–water partition coefficient (Wildman–Crippen LogP) is 4.36. The van der Waals surface area contributed by atoms with Crippen LogP contribution in [0.15, 0.2) is 53.9 Å². The maximum absolute atomic E-state index is 11.3. The largest absolute Gasteiger partial charge is 0.478 e. The van der Waals surface area contributed by atoms with E-state index < -0.39 is 5.97 Å². The molecular formula is C27H30N4O2S. The molecule has 0 spiro atoms. The van der Waals surface area contributed by atoms with Crippen molar-refractivity contribution in [3.63, 3.8) is 0 Å². The number of carbonyl (C=O) groups is 1. The van der Waals surface area contributed by atoms with Gasteiger partial charge < -0.3 is 14.9 Å². The van der Waals surface area contributed by atoms with E-state index in [1.54, 1.807) is 17.4 Å². The smallest absolute Gasteiger partial charge is 0.335 e. The first-order chi connectivity index (χ1) is 16.6. The van der Waals surface area contributed by atoms with Crippen molar-refractivity contribution in [1.82, 2.24) is 9.88 Å². The van der Waals surface area contributed by atoms with Crippen LogP contribution in [0.25, 0.3) is 0 Å². The molecule has 4 heterocycles. The number of carboxylic acid groups (broad SMARTS) is 1. The zero-order valence-corrected chi connectivity index (χ0v) is 20.1. The molecule has 0 aliphatic carbocycles. The summed E-state index contributed by atoms with van der Waals surface area (Å²) in [5.41, 5.74) is 5.25. The number of benzene rings is 2. The molecule has 34 heavy (non-hydrogen) atoms. The average Bonchev–Trinajstić information content (AvgIpc) is 3.32. The standard InChI is InChI=1S/C27H30N4O2S/c32-26(33)22-7-6-21-8-9-29(16-23(21)11-22)17-24-18-34-27(28-24)31-14-19-10-20(15-31)13-30(12-19)25-4-2-1-3-5-25/h1-7,11,18-20H,8-10,12-17H2,(H,32,33)/t19-,20+. The fourth-order valence-corrected chi connectivity index (χ4v) is 6.75. The molecule has 1 aromatic heterocycles. The highest BCUT2D eigenvalue weighted by Gasteiger charge is 2.35. The minimum atomic E-state index is -0.859. The van der Waals surface area contributed by atoms with Gasteiger partial charge in [-0.3, -0.25) is 4.90 Å². The number of carboxylic acids is 1. The third kappa shape index (κ3) is 4.42. The van der Waals surface area contributed by atoms with Gasteiger partial charge in [-0.15, -0.1) is 11.3 Å². The van der Waals surface area contributed by atoms with Gasteiger partial charge in [-0.05, 0) is 60.1 Å². The molecule has 2 atom stereocenters. The van der Waals surface area contributed by atoms with Gasteiger partial charge in [0.15, 0.2) is 5.13 Å². The normalized spacial score (nSPS) is 22.5. The van der Waals surface area contributed by atoms with E-state index in [-0.39, 0.29) is 0 Å². The second-order valence-electron chi connectivity index (χ2n) is 9.98. The van der Waals surface area contributed by atoms with Crippen molar-refractivity contribution < 1.29 is 9.90 Å². The SMILES string of the molecule is O=C(O)c1ccc2c(c1)CN(Cc1csc(N3C[C@@H]4C[C@@H](CN(c5ccccc5)C4)C3)n1)CC2. The van der Waals surface area contributed by atoms with Crippen molar-refractivity contribution in [2.45, 2.75) is 25.9 Å². The van der Waals surface area contributed by atoms with Gasteiger partial charge in [0.25, 0.3) is 0 Å². The van der Waals surface area contributed by atoms with Gasteiger partial charge in [-0.25, -0.2) is 9.78 Å². The molecule has 2 bridgehead atoms. The zero-order chi connectivity index (χ0) is 23.1. The lowest BCUT2D eigenvalue weighted by molar-refractivity contribution is 0.0696. The number of aromatic nitrogens is 1. The van der Waals surface area contributed by atoms with Gasteiger partial charge in [0.05, 0.1) is 11.3 Å². The van der Waals surface area contributed by atoms with Crippen LogP contribution in [-0.2, 0) is 19.5 Å². The first-order valence-corrected chi connectivity index (χ1v) is 13.1. The van der Waals surface area contributed by atoms with Crippen LogP contribution in [0.3, 0.4) is 0 Å². The molecule has 6 nitrogen and oxygen atoms in total. The van der Waals surface area contributed by atoms with Crippen LogP contribution in [0, 0.1) is 11.8 Å².